The Morgan fingerprint density at radius 1 is 1.25 bits per heavy atom. The molecular formula is C12H20F3N5. The van der Waals surface area contributed by atoms with Gasteiger partial charge in [0.05, 0.1) is 0 Å². The Morgan fingerprint density at radius 3 is 2.25 bits per heavy atom. The van der Waals surface area contributed by atoms with E-state index in [9.17, 15) is 13.2 Å². The van der Waals surface area contributed by atoms with Crippen molar-refractivity contribution in [1.29, 1.82) is 0 Å². The van der Waals surface area contributed by atoms with Crippen LogP contribution in [0.2, 0.25) is 0 Å². The van der Waals surface area contributed by atoms with Gasteiger partial charge in [0, 0.05) is 18.0 Å². The number of hydrogen-bond acceptors (Lipinski definition) is 5. The molecule has 20 heavy (non-hydrogen) atoms. The molecule has 0 saturated heterocycles. The lowest BCUT2D eigenvalue weighted by Gasteiger charge is -2.29. The second kappa shape index (κ2) is 6.25. The second-order valence-corrected chi connectivity index (χ2v) is 5.11. The molecule has 1 heterocycles. The number of halogens is 3. The lowest BCUT2D eigenvalue weighted by atomic mass is 10.2. The fourth-order valence-corrected chi connectivity index (χ4v) is 1.65. The molecule has 0 atom stereocenters. The van der Waals surface area contributed by atoms with Crippen molar-refractivity contribution in [2.75, 3.05) is 16.9 Å². The highest BCUT2D eigenvalue weighted by Gasteiger charge is 2.33. The molecule has 0 radical (unpaired) electrons. The SMILES string of the molecule is CC(C)c1nc(NN)cc(N(CC(F)(F)F)C(C)C)n1. The molecule has 0 fully saturated rings. The highest BCUT2D eigenvalue weighted by atomic mass is 19.4. The van der Waals surface area contributed by atoms with Crippen LogP contribution in [0.3, 0.4) is 0 Å². The molecular weight excluding hydrogens is 271 g/mol. The molecule has 1 aromatic rings. The van der Waals surface area contributed by atoms with E-state index < -0.39 is 12.7 Å². The summed E-state index contributed by atoms with van der Waals surface area (Å²) in [7, 11) is 0. The summed E-state index contributed by atoms with van der Waals surface area (Å²) in [6.45, 7) is 6.02. The van der Waals surface area contributed by atoms with Crippen LogP contribution in [-0.4, -0.2) is 28.7 Å². The second-order valence-electron chi connectivity index (χ2n) is 5.11. The van der Waals surface area contributed by atoms with Gasteiger partial charge in [-0.05, 0) is 13.8 Å². The molecule has 0 bridgehead atoms. The largest absolute Gasteiger partial charge is 0.405 e. The number of nitrogens with one attached hydrogen (secondary N) is 1. The van der Waals surface area contributed by atoms with Gasteiger partial charge in [-0.2, -0.15) is 13.2 Å². The molecule has 0 aliphatic rings. The lowest BCUT2D eigenvalue weighted by molar-refractivity contribution is -0.120. The van der Waals surface area contributed by atoms with Crippen molar-refractivity contribution in [1.82, 2.24) is 9.97 Å². The number of hydrogen-bond donors (Lipinski definition) is 2. The van der Waals surface area contributed by atoms with E-state index in [1.165, 1.54) is 11.0 Å². The normalized spacial score (nSPS) is 12.1. The van der Waals surface area contributed by atoms with Gasteiger partial charge in [-0.3, -0.25) is 0 Å². The number of hydrazine groups is 1. The molecule has 0 unspecified atom stereocenters. The number of nitrogens with zero attached hydrogens (tertiary/aromatic N) is 3. The Morgan fingerprint density at radius 2 is 1.85 bits per heavy atom. The van der Waals surface area contributed by atoms with Crippen molar-refractivity contribution >= 4 is 11.6 Å². The van der Waals surface area contributed by atoms with Gasteiger partial charge in [-0.25, -0.2) is 15.8 Å². The van der Waals surface area contributed by atoms with E-state index in [2.05, 4.69) is 15.4 Å². The van der Waals surface area contributed by atoms with Crippen LogP contribution in [0.4, 0.5) is 24.8 Å². The van der Waals surface area contributed by atoms with Gasteiger partial charge >= 0.3 is 6.18 Å². The molecule has 0 aromatic carbocycles. The maximum atomic E-state index is 12.7. The Kier molecular flexibility index (Phi) is 5.15. The zero-order valence-corrected chi connectivity index (χ0v) is 12.0. The van der Waals surface area contributed by atoms with Crippen LogP contribution < -0.4 is 16.2 Å². The smallest absolute Gasteiger partial charge is 0.345 e. The summed E-state index contributed by atoms with van der Waals surface area (Å²) in [5, 5.41) is 0. The fraction of sp³-hybridized carbons (Fsp3) is 0.667. The van der Waals surface area contributed by atoms with Gasteiger partial charge in [0.25, 0.3) is 0 Å². The number of anilines is 2. The minimum atomic E-state index is -4.30. The van der Waals surface area contributed by atoms with Crippen LogP contribution in [0.25, 0.3) is 0 Å². The van der Waals surface area contributed by atoms with E-state index >= 15 is 0 Å². The number of aromatic nitrogens is 2. The summed E-state index contributed by atoms with van der Waals surface area (Å²) >= 11 is 0. The first-order chi connectivity index (χ1) is 9.14. The molecule has 5 nitrogen and oxygen atoms in total. The van der Waals surface area contributed by atoms with E-state index in [0.717, 1.165) is 0 Å². The van der Waals surface area contributed by atoms with Crippen LogP contribution in [0.1, 0.15) is 39.4 Å². The summed E-state index contributed by atoms with van der Waals surface area (Å²) in [5.74, 6) is 6.26. The van der Waals surface area contributed by atoms with Crippen molar-refractivity contribution in [3.05, 3.63) is 11.9 Å². The number of rotatable bonds is 5. The Balaban J connectivity index is 3.22. The maximum Gasteiger partial charge on any atom is 0.405 e. The summed E-state index contributed by atoms with van der Waals surface area (Å²) in [4.78, 5) is 9.52. The van der Waals surface area contributed by atoms with Crippen LogP contribution in [-0.2, 0) is 0 Å². The average molecular weight is 291 g/mol. The first kappa shape index (κ1) is 16.5. The van der Waals surface area contributed by atoms with Crippen LogP contribution >= 0.6 is 0 Å². The third-order valence-corrected chi connectivity index (χ3v) is 2.66. The summed E-state index contributed by atoms with van der Waals surface area (Å²) in [6, 6.07) is 1.06. The quantitative estimate of drug-likeness (QED) is 0.645. The third-order valence-electron chi connectivity index (χ3n) is 2.66. The van der Waals surface area contributed by atoms with E-state index in [1.807, 2.05) is 13.8 Å². The molecule has 0 aliphatic heterocycles. The monoisotopic (exact) mass is 291 g/mol. The summed E-state index contributed by atoms with van der Waals surface area (Å²) in [6.07, 6.45) is -4.30. The van der Waals surface area contributed by atoms with Gasteiger partial charge in [-0.1, -0.05) is 13.8 Å². The molecule has 0 saturated carbocycles. The average Bonchev–Trinajstić information content (AvgIpc) is 2.33. The number of nitrogen functional groups attached to an aromatic ring is 1. The van der Waals surface area contributed by atoms with E-state index in [0.29, 0.717) is 11.6 Å². The van der Waals surface area contributed by atoms with Gasteiger partial charge < -0.3 is 10.3 Å². The minimum absolute atomic E-state index is 0.0121. The van der Waals surface area contributed by atoms with Crippen molar-refractivity contribution < 1.29 is 13.2 Å². The molecule has 0 amide bonds. The van der Waals surface area contributed by atoms with Crippen LogP contribution in [0, 0.1) is 0 Å². The van der Waals surface area contributed by atoms with Crippen molar-refractivity contribution in [3.63, 3.8) is 0 Å². The molecule has 0 aliphatic carbocycles. The predicted octanol–water partition coefficient (Wildman–Crippen LogP) is 2.66. The molecule has 1 rings (SSSR count). The zero-order valence-electron chi connectivity index (χ0n) is 12.0. The summed E-state index contributed by atoms with van der Waals surface area (Å²) < 4.78 is 38.0. The zero-order chi connectivity index (χ0) is 15.5. The molecule has 114 valence electrons. The molecule has 0 spiro atoms. The Hall–Kier alpha value is -1.57. The van der Waals surface area contributed by atoms with Gasteiger partial charge in [0.2, 0.25) is 0 Å². The third kappa shape index (κ3) is 4.52. The molecule has 3 N–H and O–H groups in total. The highest BCUT2D eigenvalue weighted by Crippen LogP contribution is 2.25. The number of nitrogens with two attached hydrogens (primary N) is 1. The Labute approximate surface area is 116 Å². The lowest BCUT2D eigenvalue weighted by Crippen LogP contribution is -2.40. The first-order valence-corrected chi connectivity index (χ1v) is 6.33. The molecule has 1 aromatic heterocycles. The Bertz CT molecular complexity index is 445. The topological polar surface area (TPSA) is 67.1 Å². The molecule has 8 heteroatoms. The van der Waals surface area contributed by atoms with Crippen molar-refractivity contribution in [2.45, 2.75) is 45.8 Å². The van der Waals surface area contributed by atoms with Gasteiger partial charge in [0.1, 0.15) is 24.0 Å². The summed E-state index contributed by atoms with van der Waals surface area (Å²) in [5.41, 5.74) is 2.36. The highest BCUT2D eigenvalue weighted by molar-refractivity contribution is 5.49. The van der Waals surface area contributed by atoms with E-state index in [-0.39, 0.29) is 17.8 Å². The van der Waals surface area contributed by atoms with Crippen molar-refractivity contribution in [3.8, 4) is 0 Å². The van der Waals surface area contributed by atoms with Crippen molar-refractivity contribution in [2.24, 2.45) is 5.84 Å². The predicted molar refractivity (Wildman–Crippen MR) is 72.5 cm³/mol. The van der Waals surface area contributed by atoms with Gasteiger partial charge in [0.15, 0.2) is 0 Å². The number of alkyl halides is 3. The van der Waals surface area contributed by atoms with E-state index in [4.69, 9.17) is 5.84 Å². The fourth-order valence-electron chi connectivity index (χ4n) is 1.65. The van der Waals surface area contributed by atoms with Crippen LogP contribution in [0.15, 0.2) is 6.07 Å². The van der Waals surface area contributed by atoms with Gasteiger partial charge in [-0.15, -0.1) is 0 Å². The minimum Gasteiger partial charge on any atom is -0.345 e. The van der Waals surface area contributed by atoms with E-state index in [1.54, 1.807) is 13.8 Å². The first-order valence-electron chi connectivity index (χ1n) is 6.33. The standard InChI is InChI=1S/C12H20F3N5/c1-7(2)11-17-9(19-16)5-10(18-11)20(8(3)4)6-12(13,14)15/h5,7-8H,6,16H2,1-4H3,(H,17,18,19). The van der Waals surface area contributed by atoms with Crippen LogP contribution in [0.5, 0.6) is 0 Å². The maximum absolute atomic E-state index is 12.7.